The standard InChI is InChI=1S/C25H23N3O4/c29-22-14-11-19-15-20(12-13-21(19)27-22)26-24(30)23(18-9-5-2-6-10-18)28-25(31)32-16-17-7-3-1-4-8-17/h1-10,12-13,15,23H,11,14,16H2,(H,26,30)(H,27,29)(H,28,31). The smallest absolute Gasteiger partial charge is 0.408 e. The molecule has 1 unspecified atom stereocenters. The monoisotopic (exact) mass is 429 g/mol. The predicted octanol–water partition coefficient (Wildman–Crippen LogP) is 4.18. The van der Waals surface area contributed by atoms with E-state index in [1.807, 2.05) is 42.5 Å². The first-order chi connectivity index (χ1) is 15.6. The molecule has 7 nitrogen and oxygen atoms in total. The summed E-state index contributed by atoms with van der Waals surface area (Å²) >= 11 is 0. The van der Waals surface area contributed by atoms with E-state index in [-0.39, 0.29) is 12.5 Å². The van der Waals surface area contributed by atoms with Gasteiger partial charge >= 0.3 is 6.09 Å². The number of rotatable bonds is 6. The Labute approximate surface area is 185 Å². The summed E-state index contributed by atoms with van der Waals surface area (Å²) in [5.74, 6) is -0.413. The van der Waals surface area contributed by atoms with Gasteiger partial charge < -0.3 is 20.7 Å². The normalized spacial score (nSPS) is 13.3. The van der Waals surface area contributed by atoms with Gasteiger partial charge in [-0.2, -0.15) is 0 Å². The Balaban J connectivity index is 1.46. The number of benzene rings is 3. The van der Waals surface area contributed by atoms with Crippen molar-refractivity contribution in [1.29, 1.82) is 0 Å². The molecule has 32 heavy (non-hydrogen) atoms. The van der Waals surface area contributed by atoms with Crippen LogP contribution in [0.4, 0.5) is 16.2 Å². The zero-order valence-electron chi connectivity index (χ0n) is 17.3. The van der Waals surface area contributed by atoms with Crippen LogP contribution in [-0.2, 0) is 27.4 Å². The number of anilines is 2. The number of ether oxygens (including phenoxy) is 1. The third-order valence-electron chi connectivity index (χ3n) is 5.14. The molecule has 3 amide bonds. The van der Waals surface area contributed by atoms with E-state index in [9.17, 15) is 14.4 Å². The van der Waals surface area contributed by atoms with Crippen LogP contribution in [-0.4, -0.2) is 17.9 Å². The highest BCUT2D eigenvalue weighted by Crippen LogP contribution is 2.26. The first-order valence-corrected chi connectivity index (χ1v) is 10.3. The van der Waals surface area contributed by atoms with Gasteiger partial charge in [-0.3, -0.25) is 9.59 Å². The maximum absolute atomic E-state index is 13.1. The molecule has 1 aliphatic rings. The Hall–Kier alpha value is -4.13. The summed E-state index contributed by atoms with van der Waals surface area (Å²) < 4.78 is 5.29. The van der Waals surface area contributed by atoms with Crippen LogP contribution in [0.2, 0.25) is 0 Å². The van der Waals surface area contributed by atoms with Crippen LogP contribution >= 0.6 is 0 Å². The largest absolute Gasteiger partial charge is 0.445 e. The number of alkyl carbamates (subject to hydrolysis) is 1. The first kappa shape index (κ1) is 21.1. The van der Waals surface area contributed by atoms with Gasteiger partial charge in [0.1, 0.15) is 12.6 Å². The fourth-order valence-corrected chi connectivity index (χ4v) is 3.50. The van der Waals surface area contributed by atoms with Gasteiger partial charge in [0, 0.05) is 17.8 Å². The number of hydrogen-bond acceptors (Lipinski definition) is 4. The lowest BCUT2D eigenvalue weighted by atomic mass is 10.0. The van der Waals surface area contributed by atoms with Crippen LogP contribution in [0.3, 0.4) is 0 Å². The van der Waals surface area contributed by atoms with Crippen molar-refractivity contribution in [1.82, 2.24) is 5.32 Å². The molecule has 1 heterocycles. The summed E-state index contributed by atoms with van der Waals surface area (Å²) in [5.41, 5.74) is 3.78. The van der Waals surface area contributed by atoms with Gasteiger partial charge in [0.05, 0.1) is 0 Å². The summed E-state index contributed by atoms with van der Waals surface area (Å²) in [6.45, 7) is 0.104. The molecule has 0 bridgehead atoms. The Morgan fingerprint density at radius 3 is 2.41 bits per heavy atom. The minimum absolute atomic E-state index is 0.0170. The maximum Gasteiger partial charge on any atom is 0.408 e. The molecule has 3 N–H and O–H groups in total. The molecule has 7 heteroatoms. The summed E-state index contributed by atoms with van der Waals surface area (Å²) in [6.07, 6.45) is 0.328. The van der Waals surface area contributed by atoms with E-state index in [4.69, 9.17) is 4.74 Å². The predicted molar refractivity (Wildman–Crippen MR) is 121 cm³/mol. The molecule has 162 valence electrons. The third kappa shape index (κ3) is 5.31. The molecule has 0 aromatic heterocycles. The lowest BCUT2D eigenvalue weighted by Crippen LogP contribution is -2.37. The zero-order chi connectivity index (χ0) is 22.3. The van der Waals surface area contributed by atoms with Crippen molar-refractivity contribution in [3.05, 3.63) is 95.6 Å². The second-order valence-electron chi connectivity index (χ2n) is 7.46. The molecule has 0 spiro atoms. The average molecular weight is 429 g/mol. The summed E-state index contributed by atoms with van der Waals surface area (Å²) in [5, 5.41) is 8.34. The Morgan fingerprint density at radius 1 is 0.938 bits per heavy atom. The maximum atomic E-state index is 13.1. The minimum atomic E-state index is -0.935. The highest BCUT2D eigenvalue weighted by molar-refractivity contribution is 5.98. The van der Waals surface area contributed by atoms with Gasteiger partial charge in [0.15, 0.2) is 0 Å². The lowest BCUT2D eigenvalue weighted by Gasteiger charge is -2.21. The Kier molecular flexibility index (Phi) is 6.46. The van der Waals surface area contributed by atoms with E-state index in [0.717, 1.165) is 16.8 Å². The van der Waals surface area contributed by atoms with E-state index >= 15 is 0 Å². The molecule has 0 aliphatic carbocycles. The topological polar surface area (TPSA) is 96.5 Å². The number of fused-ring (bicyclic) bond motifs is 1. The van der Waals surface area contributed by atoms with E-state index in [1.54, 1.807) is 36.4 Å². The quantitative estimate of drug-likeness (QED) is 0.548. The molecule has 1 atom stereocenters. The second kappa shape index (κ2) is 9.78. The van der Waals surface area contributed by atoms with E-state index in [1.165, 1.54) is 0 Å². The van der Waals surface area contributed by atoms with Gasteiger partial charge in [-0.1, -0.05) is 60.7 Å². The molecule has 0 saturated carbocycles. The lowest BCUT2D eigenvalue weighted by molar-refractivity contribution is -0.118. The molecule has 3 aromatic carbocycles. The number of carbonyl (C=O) groups excluding carboxylic acids is 3. The number of carbonyl (C=O) groups is 3. The van der Waals surface area contributed by atoms with Crippen molar-refractivity contribution in [2.45, 2.75) is 25.5 Å². The molecule has 0 saturated heterocycles. The Morgan fingerprint density at radius 2 is 1.66 bits per heavy atom. The van der Waals surface area contributed by atoms with E-state index in [0.29, 0.717) is 24.1 Å². The number of hydrogen-bond donors (Lipinski definition) is 3. The van der Waals surface area contributed by atoms with Crippen LogP contribution in [0.1, 0.15) is 29.2 Å². The molecular formula is C25H23N3O4. The second-order valence-corrected chi connectivity index (χ2v) is 7.46. The number of nitrogens with one attached hydrogen (secondary N) is 3. The van der Waals surface area contributed by atoms with Crippen LogP contribution in [0.5, 0.6) is 0 Å². The molecule has 3 aromatic rings. The van der Waals surface area contributed by atoms with Crippen LogP contribution in [0.25, 0.3) is 0 Å². The fraction of sp³-hybridized carbons (Fsp3) is 0.160. The average Bonchev–Trinajstić information content (AvgIpc) is 2.82. The minimum Gasteiger partial charge on any atom is -0.445 e. The molecule has 0 radical (unpaired) electrons. The molecule has 0 fully saturated rings. The molecule has 4 rings (SSSR count). The number of aryl methyl sites for hydroxylation is 1. The van der Waals surface area contributed by atoms with Crippen LogP contribution in [0.15, 0.2) is 78.9 Å². The fourth-order valence-electron chi connectivity index (χ4n) is 3.50. The highest BCUT2D eigenvalue weighted by Gasteiger charge is 2.24. The van der Waals surface area contributed by atoms with E-state index in [2.05, 4.69) is 16.0 Å². The summed E-state index contributed by atoms with van der Waals surface area (Å²) in [4.78, 5) is 37.1. The molecular weight excluding hydrogens is 406 g/mol. The van der Waals surface area contributed by atoms with Crippen molar-refractivity contribution < 1.29 is 19.1 Å². The van der Waals surface area contributed by atoms with Gasteiger partial charge in [-0.25, -0.2) is 4.79 Å². The van der Waals surface area contributed by atoms with Crippen molar-refractivity contribution in [2.75, 3.05) is 10.6 Å². The van der Waals surface area contributed by atoms with Gasteiger partial charge in [0.25, 0.3) is 5.91 Å². The molecule has 1 aliphatic heterocycles. The zero-order valence-corrected chi connectivity index (χ0v) is 17.3. The van der Waals surface area contributed by atoms with Gasteiger partial charge in [-0.15, -0.1) is 0 Å². The van der Waals surface area contributed by atoms with Gasteiger partial charge in [-0.05, 0) is 41.3 Å². The van der Waals surface area contributed by atoms with Crippen LogP contribution in [0, 0.1) is 0 Å². The van der Waals surface area contributed by atoms with Crippen LogP contribution < -0.4 is 16.0 Å². The van der Waals surface area contributed by atoms with Crippen molar-refractivity contribution in [3.63, 3.8) is 0 Å². The number of amides is 3. The van der Waals surface area contributed by atoms with Gasteiger partial charge in [0.2, 0.25) is 5.91 Å². The van der Waals surface area contributed by atoms with E-state index < -0.39 is 18.0 Å². The first-order valence-electron chi connectivity index (χ1n) is 10.3. The highest BCUT2D eigenvalue weighted by atomic mass is 16.5. The summed E-state index contributed by atoms with van der Waals surface area (Å²) in [6, 6.07) is 22.7. The summed E-state index contributed by atoms with van der Waals surface area (Å²) in [7, 11) is 0. The van der Waals surface area contributed by atoms with Crippen molar-refractivity contribution >= 4 is 29.3 Å². The SMILES string of the molecule is O=C1CCc2cc(NC(=O)C(NC(=O)OCc3ccccc3)c3ccccc3)ccc2N1. The third-order valence-corrected chi connectivity index (χ3v) is 5.14. The van der Waals surface area contributed by atoms with Crippen molar-refractivity contribution in [3.8, 4) is 0 Å². The van der Waals surface area contributed by atoms with Crippen molar-refractivity contribution in [2.24, 2.45) is 0 Å². The Bertz CT molecular complexity index is 1120.